The van der Waals surface area contributed by atoms with E-state index >= 15 is 0 Å². The third-order valence-electron chi connectivity index (χ3n) is 4.83. The van der Waals surface area contributed by atoms with Crippen LogP contribution < -0.4 is 4.90 Å². The first-order valence-corrected chi connectivity index (χ1v) is 9.61. The average Bonchev–Trinajstić information content (AvgIpc) is 3.18. The van der Waals surface area contributed by atoms with Crippen LogP contribution in [0.25, 0.3) is 10.9 Å². The first-order chi connectivity index (χ1) is 13.0. The van der Waals surface area contributed by atoms with Crippen LogP contribution in [0.3, 0.4) is 0 Å². The maximum absolute atomic E-state index is 12.9. The minimum Gasteiger partial charge on any atom is -0.392 e. The van der Waals surface area contributed by atoms with E-state index in [1.165, 1.54) is 0 Å². The molecule has 0 radical (unpaired) electrons. The summed E-state index contributed by atoms with van der Waals surface area (Å²) >= 11 is 1.07. The number of para-hydroxylation sites is 1. The van der Waals surface area contributed by atoms with Gasteiger partial charge in [0.05, 0.1) is 17.1 Å². The Balaban J connectivity index is 1.63. The largest absolute Gasteiger partial charge is 0.434 e. The maximum Gasteiger partial charge on any atom is 0.434 e. The third kappa shape index (κ3) is 3.64. The molecule has 1 aliphatic heterocycles. The number of anilines is 1. The predicted octanol–water partition coefficient (Wildman–Crippen LogP) is 4.59. The van der Waals surface area contributed by atoms with Gasteiger partial charge in [-0.3, -0.25) is 0 Å². The Kier molecular flexibility index (Phi) is 4.77. The quantitative estimate of drug-likeness (QED) is 0.707. The molecule has 4 nitrogen and oxygen atoms in total. The molecule has 0 saturated carbocycles. The van der Waals surface area contributed by atoms with E-state index in [1.54, 1.807) is 0 Å². The fraction of sp³-hybridized carbons (Fsp3) is 0.368. The Morgan fingerprint density at radius 1 is 1.22 bits per heavy atom. The van der Waals surface area contributed by atoms with Crippen LogP contribution in [0.2, 0.25) is 0 Å². The van der Waals surface area contributed by atoms with Gasteiger partial charge in [0.1, 0.15) is 5.82 Å². The Labute approximate surface area is 158 Å². The van der Waals surface area contributed by atoms with Crippen LogP contribution in [0, 0.1) is 0 Å². The molecule has 1 unspecified atom stereocenters. The Bertz CT molecular complexity index is 957. The van der Waals surface area contributed by atoms with Crippen LogP contribution in [0.5, 0.6) is 0 Å². The van der Waals surface area contributed by atoms with Gasteiger partial charge in [-0.2, -0.15) is 13.2 Å². The average molecular weight is 393 g/mol. The lowest BCUT2D eigenvalue weighted by Crippen LogP contribution is -2.35. The van der Waals surface area contributed by atoms with Gasteiger partial charge in [-0.1, -0.05) is 18.2 Å². The number of thiazole rings is 1. The molecule has 27 heavy (non-hydrogen) atoms. The van der Waals surface area contributed by atoms with Crippen LogP contribution >= 0.6 is 11.3 Å². The van der Waals surface area contributed by atoms with E-state index in [0.29, 0.717) is 17.4 Å². The SMILES string of the molecule is OCc1cc2ccccc2nc1N1CCCC(c2nc(C(F)(F)F)cs2)C1. The van der Waals surface area contributed by atoms with Gasteiger partial charge in [0, 0.05) is 35.3 Å². The Morgan fingerprint density at radius 2 is 2.04 bits per heavy atom. The van der Waals surface area contributed by atoms with Crippen molar-refractivity contribution in [3.8, 4) is 0 Å². The van der Waals surface area contributed by atoms with Gasteiger partial charge < -0.3 is 10.0 Å². The van der Waals surface area contributed by atoms with Gasteiger partial charge in [-0.05, 0) is 25.0 Å². The molecular formula is C19H18F3N3OS. The topological polar surface area (TPSA) is 49.3 Å². The summed E-state index contributed by atoms with van der Waals surface area (Å²) in [5.74, 6) is 0.633. The highest BCUT2D eigenvalue weighted by molar-refractivity contribution is 7.09. The summed E-state index contributed by atoms with van der Waals surface area (Å²) in [5, 5.41) is 12.3. The number of benzene rings is 1. The van der Waals surface area contributed by atoms with Crippen molar-refractivity contribution in [3.63, 3.8) is 0 Å². The van der Waals surface area contributed by atoms with Crippen LogP contribution in [0.4, 0.5) is 19.0 Å². The molecule has 0 bridgehead atoms. The molecule has 1 N–H and O–H groups in total. The molecule has 1 atom stereocenters. The standard InChI is InChI=1S/C19H18F3N3OS/c20-19(21,22)16-11-27-18(24-16)13-5-3-7-25(9-13)17-14(10-26)8-12-4-1-2-6-15(12)23-17/h1-2,4,6,8,11,13,26H,3,5,7,9-10H2. The molecule has 4 rings (SSSR count). The van der Waals surface area contributed by atoms with Crippen LogP contribution in [-0.2, 0) is 12.8 Å². The van der Waals surface area contributed by atoms with Crippen molar-refractivity contribution in [1.29, 1.82) is 0 Å². The van der Waals surface area contributed by atoms with E-state index < -0.39 is 11.9 Å². The van der Waals surface area contributed by atoms with Crippen molar-refractivity contribution < 1.29 is 18.3 Å². The molecule has 2 aromatic heterocycles. The second-order valence-corrected chi connectivity index (χ2v) is 7.57. The molecule has 0 amide bonds. The summed E-state index contributed by atoms with van der Waals surface area (Å²) in [6.45, 7) is 1.17. The number of pyridine rings is 1. The second-order valence-electron chi connectivity index (χ2n) is 6.68. The van der Waals surface area contributed by atoms with Gasteiger partial charge in [0.15, 0.2) is 5.69 Å². The van der Waals surface area contributed by atoms with Crippen LogP contribution in [0.1, 0.15) is 35.0 Å². The van der Waals surface area contributed by atoms with Gasteiger partial charge in [-0.25, -0.2) is 9.97 Å². The van der Waals surface area contributed by atoms with Gasteiger partial charge in [0.25, 0.3) is 0 Å². The number of nitrogens with zero attached hydrogens (tertiary/aromatic N) is 3. The molecular weight excluding hydrogens is 375 g/mol. The first-order valence-electron chi connectivity index (χ1n) is 8.73. The van der Waals surface area contributed by atoms with E-state index in [1.807, 2.05) is 30.3 Å². The number of fused-ring (bicyclic) bond motifs is 1. The monoisotopic (exact) mass is 393 g/mol. The molecule has 142 valence electrons. The number of hydrogen-bond donors (Lipinski definition) is 1. The Hall–Kier alpha value is -2.19. The van der Waals surface area contributed by atoms with E-state index in [-0.39, 0.29) is 12.5 Å². The van der Waals surface area contributed by atoms with Crippen molar-refractivity contribution >= 4 is 28.1 Å². The predicted molar refractivity (Wildman–Crippen MR) is 99.0 cm³/mol. The molecule has 8 heteroatoms. The van der Waals surface area contributed by atoms with E-state index in [9.17, 15) is 18.3 Å². The molecule has 3 aromatic rings. The molecule has 1 saturated heterocycles. The number of rotatable bonds is 3. The fourth-order valence-corrected chi connectivity index (χ4v) is 4.47. The Morgan fingerprint density at radius 3 is 2.78 bits per heavy atom. The zero-order valence-electron chi connectivity index (χ0n) is 14.4. The minimum atomic E-state index is -4.41. The van der Waals surface area contributed by atoms with Crippen LogP contribution in [0.15, 0.2) is 35.7 Å². The number of aliphatic hydroxyl groups is 1. The number of alkyl halides is 3. The van der Waals surface area contributed by atoms with E-state index in [0.717, 1.165) is 52.6 Å². The van der Waals surface area contributed by atoms with E-state index in [2.05, 4.69) is 9.88 Å². The first kappa shape index (κ1) is 18.2. The summed E-state index contributed by atoms with van der Waals surface area (Å²) in [5.41, 5.74) is 0.740. The molecule has 0 aliphatic carbocycles. The summed E-state index contributed by atoms with van der Waals surface area (Å²) < 4.78 is 38.6. The van der Waals surface area contributed by atoms with Crippen molar-refractivity contribution in [2.24, 2.45) is 0 Å². The number of halogens is 3. The number of aliphatic hydroxyl groups excluding tert-OH is 1. The number of piperidine rings is 1. The lowest BCUT2D eigenvalue weighted by Gasteiger charge is -2.34. The molecule has 0 spiro atoms. The summed E-state index contributed by atoms with van der Waals surface area (Å²) in [6.07, 6.45) is -2.78. The number of hydrogen-bond acceptors (Lipinski definition) is 5. The highest BCUT2D eigenvalue weighted by Crippen LogP contribution is 2.36. The zero-order valence-corrected chi connectivity index (χ0v) is 15.2. The molecule has 1 fully saturated rings. The highest BCUT2D eigenvalue weighted by Gasteiger charge is 2.35. The normalized spacial score (nSPS) is 18.2. The van der Waals surface area contributed by atoms with Gasteiger partial charge >= 0.3 is 6.18 Å². The number of aromatic nitrogens is 2. The molecule has 3 heterocycles. The lowest BCUT2D eigenvalue weighted by atomic mass is 9.98. The second kappa shape index (κ2) is 7.09. The molecule has 1 aliphatic rings. The van der Waals surface area contributed by atoms with E-state index in [4.69, 9.17) is 4.98 Å². The molecule has 1 aromatic carbocycles. The summed E-state index contributed by atoms with van der Waals surface area (Å²) in [4.78, 5) is 10.6. The van der Waals surface area contributed by atoms with Crippen LogP contribution in [-0.4, -0.2) is 28.2 Å². The van der Waals surface area contributed by atoms with Crippen molar-refractivity contribution in [2.45, 2.75) is 31.5 Å². The minimum absolute atomic E-state index is 0.0698. The highest BCUT2D eigenvalue weighted by atomic mass is 32.1. The zero-order chi connectivity index (χ0) is 19.0. The van der Waals surface area contributed by atoms with Crippen molar-refractivity contribution in [2.75, 3.05) is 18.0 Å². The lowest BCUT2D eigenvalue weighted by molar-refractivity contribution is -0.140. The summed E-state index contributed by atoms with van der Waals surface area (Å²) in [6, 6.07) is 9.61. The smallest absolute Gasteiger partial charge is 0.392 e. The maximum atomic E-state index is 12.9. The van der Waals surface area contributed by atoms with Gasteiger partial charge in [-0.15, -0.1) is 11.3 Å². The fourth-order valence-electron chi connectivity index (χ4n) is 3.52. The van der Waals surface area contributed by atoms with Crippen molar-refractivity contribution in [3.05, 3.63) is 52.0 Å². The van der Waals surface area contributed by atoms with Crippen molar-refractivity contribution in [1.82, 2.24) is 9.97 Å². The summed E-state index contributed by atoms with van der Waals surface area (Å²) in [7, 11) is 0. The van der Waals surface area contributed by atoms with Gasteiger partial charge in [0.2, 0.25) is 0 Å². The third-order valence-corrected chi connectivity index (χ3v) is 5.84.